The second kappa shape index (κ2) is 15.9. The molecule has 0 unspecified atom stereocenters. The van der Waals surface area contributed by atoms with Crippen molar-refractivity contribution >= 4 is 5.91 Å². The van der Waals surface area contributed by atoms with E-state index in [2.05, 4.69) is 13.8 Å². The molecule has 0 rings (SSSR count). The van der Waals surface area contributed by atoms with Gasteiger partial charge in [0, 0.05) is 13.0 Å². The normalized spacial score (nSPS) is 8.87. The molecule has 0 atom stereocenters. The number of primary amides is 1. The van der Waals surface area contributed by atoms with Crippen molar-refractivity contribution in [2.45, 2.75) is 54.4 Å². The lowest BCUT2D eigenvalue weighted by atomic mass is 10.1. The molecule has 0 spiro atoms. The summed E-state index contributed by atoms with van der Waals surface area (Å²) in [5.74, 6) is 0.836. The molecule has 94 valence electrons. The van der Waals surface area contributed by atoms with Gasteiger partial charge in [0.1, 0.15) is 0 Å². The molecule has 0 aliphatic heterocycles. The molecule has 3 heteroatoms. The molecule has 0 radical (unpaired) electrons. The Hall–Kier alpha value is -0.570. The maximum atomic E-state index is 10.0. The fourth-order valence-electron chi connectivity index (χ4n) is 0.661. The van der Waals surface area contributed by atoms with Crippen molar-refractivity contribution in [1.29, 1.82) is 0 Å². The van der Waals surface area contributed by atoms with Gasteiger partial charge in [0.15, 0.2) is 0 Å². The monoisotopic (exact) mass is 219 g/mol. The van der Waals surface area contributed by atoms with E-state index in [4.69, 9.17) is 10.8 Å². The number of aliphatic hydroxyl groups is 1. The second-order valence-electron chi connectivity index (χ2n) is 3.97. The first-order valence-electron chi connectivity index (χ1n) is 5.79. The Balaban J connectivity index is -0.000000166. The molecule has 15 heavy (non-hydrogen) atoms. The van der Waals surface area contributed by atoms with Gasteiger partial charge >= 0.3 is 0 Å². The first kappa shape index (κ1) is 19.9. The van der Waals surface area contributed by atoms with E-state index in [9.17, 15) is 4.79 Å². The highest BCUT2D eigenvalue weighted by Gasteiger charge is 1.96. The van der Waals surface area contributed by atoms with Crippen molar-refractivity contribution in [3.8, 4) is 0 Å². The number of carbonyl (C=O) groups is 1. The molecule has 0 fully saturated rings. The third-order valence-corrected chi connectivity index (χ3v) is 1.32. The van der Waals surface area contributed by atoms with E-state index in [1.165, 1.54) is 0 Å². The molecule has 3 N–H and O–H groups in total. The number of amides is 1. The molecule has 0 aromatic heterocycles. The summed E-state index contributed by atoms with van der Waals surface area (Å²) in [5, 5.41) is 8.24. The molecule has 0 aliphatic rings. The largest absolute Gasteiger partial charge is 0.396 e. The Labute approximate surface area is 95.1 Å². The molecule has 1 amide bonds. The van der Waals surface area contributed by atoms with Crippen LogP contribution in [0.3, 0.4) is 0 Å². The van der Waals surface area contributed by atoms with Gasteiger partial charge in [-0.1, -0.05) is 41.5 Å². The zero-order chi connectivity index (χ0) is 12.9. The van der Waals surface area contributed by atoms with Crippen LogP contribution in [-0.4, -0.2) is 17.6 Å². The van der Waals surface area contributed by atoms with Gasteiger partial charge in [0.05, 0.1) is 0 Å². The van der Waals surface area contributed by atoms with Crippen molar-refractivity contribution in [3.63, 3.8) is 0 Å². The van der Waals surface area contributed by atoms with Crippen LogP contribution < -0.4 is 5.73 Å². The average molecular weight is 219 g/mol. The Kier molecular flexibility index (Phi) is 21.1. The summed E-state index contributed by atoms with van der Waals surface area (Å²) in [5.41, 5.74) is 4.85. The maximum Gasteiger partial charge on any atom is 0.217 e. The Morgan fingerprint density at radius 3 is 1.53 bits per heavy atom. The van der Waals surface area contributed by atoms with Gasteiger partial charge in [-0.15, -0.1) is 0 Å². The molecule has 3 nitrogen and oxygen atoms in total. The fraction of sp³-hybridized carbons (Fsp3) is 0.917. The summed E-state index contributed by atoms with van der Waals surface area (Å²) in [6.45, 7) is 12.4. The minimum Gasteiger partial charge on any atom is -0.396 e. The maximum absolute atomic E-state index is 10.0. The van der Waals surface area contributed by atoms with Crippen LogP contribution in [0, 0.1) is 11.8 Å². The number of aliphatic hydroxyl groups excluding tert-OH is 1. The SMILES string of the molecule is CC.CC(C)CC(N)=O.CC(C)CCO. The van der Waals surface area contributed by atoms with Gasteiger partial charge < -0.3 is 10.8 Å². The third kappa shape index (κ3) is 42.4. The predicted octanol–water partition coefficient (Wildman–Crippen LogP) is 2.57. The van der Waals surface area contributed by atoms with Crippen LogP contribution >= 0.6 is 0 Å². The summed E-state index contributed by atoms with van der Waals surface area (Å²) in [6.07, 6.45) is 1.43. The molecule has 0 aromatic carbocycles. The summed E-state index contributed by atoms with van der Waals surface area (Å²) >= 11 is 0. The van der Waals surface area contributed by atoms with Crippen LogP contribution in [0.1, 0.15) is 54.4 Å². The molecular weight excluding hydrogens is 190 g/mol. The molecule has 0 aliphatic carbocycles. The number of hydrogen-bond donors (Lipinski definition) is 2. The third-order valence-electron chi connectivity index (χ3n) is 1.32. The zero-order valence-corrected chi connectivity index (χ0v) is 11.2. The van der Waals surface area contributed by atoms with E-state index in [0.717, 1.165) is 6.42 Å². The predicted molar refractivity (Wildman–Crippen MR) is 66.5 cm³/mol. The lowest BCUT2D eigenvalue weighted by Gasteiger charge is -1.95. The van der Waals surface area contributed by atoms with Crippen molar-refractivity contribution < 1.29 is 9.90 Å². The van der Waals surface area contributed by atoms with Gasteiger partial charge in [-0.25, -0.2) is 0 Å². The molecule has 0 saturated carbocycles. The lowest BCUT2D eigenvalue weighted by Crippen LogP contribution is -2.12. The van der Waals surface area contributed by atoms with Gasteiger partial charge in [-0.3, -0.25) is 4.79 Å². The summed E-state index contributed by atoms with van der Waals surface area (Å²) in [6, 6.07) is 0. The highest BCUT2D eigenvalue weighted by atomic mass is 16.3. The Bertz CT molecular complexity index is 123. The Morgan fingerprint density at radius 1 is 1.13 bits per heavy atom. The second-order valence-corrected chi connectivity index (χ2v) is 3.97. The van der Waals surface area contributed by atoms with Crippen molar-refractivity contribution in [2.75, 3.05) is 6.61 Å². The first-order valence-corrected chi connectivity index (χ1v) is 5.79. The number of nitrogens with two attached hydrogens (primary N) is 1. The van der Waals surface area contributed by atoms with E-state index in [-0.39, 0.29) is 5.91 Å². The van der Waals surface area contributed by atoms with Crippen molar-refractivity contribution in [1.82, 2.24) is 0 Å². The zero-order valence-electron chi connectivity index (χ0n) is 11.2. The molecule has 0 aromatic rings. The molecule has 0 bridgehead atoms. The minimum absolute atomic E-state index is 0.213. The van der Waals surface area contributed by atoms with E-state index in [0.29, 0.717) is 24.9 Å². The van der Waals surface area contributed by atoms with Crippen LogP contribution in [0.5, 0.6) is 0 Å². The van der Waals surface area contributed by atoms with E-state index in [1.54, 1.807) is 0 Å². The minimum atomic E-state index is -0.213. The van der Waals surface area contributed by atoms with Gasteiger partial charge in [-0.2, -0.15) is 0 Å². The Morgan fingerprint density at radius 2 is 1.53 bits per heavy atom. The fourth-order valence-corrected chi connectivity index (χ4v) is 0.661. The van der Waals surface area contributed by atoms with Crippen LogP contribution in [-0.2, 0) is 4.79 Å². The highest BCUT2D eigenvalue weighted by molar-refractivity contribution is 5.73. The van der Waals surface area contributed by atoms with E-state index < -0.39 is 0 Å². The standard InChI is InChI=1S/C5H11NO.C5H12O.C2H6/c1-4(2)3-5(6)7;1-5(2)3-4-6;1-2/h4H,3H2,1-2H3,(H2,6,7);5-6H,3-4H2,1-2H3;1-2H3. The van der Waals surface area contributed by atoms with Gasteiger partial charge in [-0.05, 0) is 18.3 Å². The van der Waals surface area contributed by atoms with E-state index in [1.807, 2.05) is 27.7 Å². The van der Waals surface area contributed by atoms with E-state index >= 15 is 0 Å². The molecule has 0 heterocycles. The quantitative estimate of drug-likeness (QED) is 0.763. The summed E-state index contributed by atoms with van der Waals surface area (Å²) in [4.78, 5) is 10.0. The van der Waals surface area contributed by atoms with Crippen molar-refractivity contribution in [2.24, 2.45) is 17.6 Å². The summed E-state index contributed by atoms with van der Waals surface area (Å²) < 4.78 is 0. The highest BCUT2D eigenvalue weighted by Crippen LogP contribution is 1.95. The molecular formula is C12H29NO2. The topological polar surface area (TPSA) is 63.3 Å². The number of carbonyl (C=O) groups excluding carboxylic acids is 1. The van der Waals surface area contributed by atoms with Crippen LogP contribution in [0.25, 0.3) is 0 Å². The lowest BCUT2D eigenvalue weighted by molar-refractivity contribution is -0.118. The number of rotatable bonds is 4. The smallest absolute Gasteiger partial charge is 0.217 e. The van der Waals surface area contributed by atoms with Gasteiger partial charge in [0.25, 0.3) is 0 Å². The van der Waals surface area contributed by atoms with Crippen LogP contribution in [0.2, 0.25) is 0 Å². The van der Waals surface area contributed by atoms with Gasteiger partial charge in [0.2, 0.25) is 5.91 Å². The van der Waals surface area contributed by atoms with Crippen LogP contribution in [0.15, 0.2) is 0 Å². The number of hydrogen-bond acceptors (Lipinski definition) is 2. The van der Waals surface area contributed by atoms with Crippen molar-refractivity contribution in [3.05, 3.63) is 0 Å². The summed E-state index contributed by atoms with van der Waals surface area (Å²) in [7, 11) is 0. The average Bonchev–Trinajstić information content (AvgIpc) is 2.05. The first-order chi connectivity index (χ1) is 6.90. The van der Waals surface area contributed by atoms with Crippen LogP contribution in [0.4, 0.5) is 0 Å². The molecule has 0 saturated heterocycles.